The summed E-state index contributed by atoms with van der Waals surface area (Å²) in [5, 5.41) is 7.63. The average Bonchev–Trinajstić information content (AvgIpc) is 2.33. The molecule has 2 aliphatic rings. The molecule has 10 heavy (non-hydrogen) atoms. The van der Waals surface area contributed by atoms with Crippen molar-refractivity contribution in [2.24, 2.45) is 15.2 Å². The highest BCUT2D eigenvalue weighted by atomic mass is 35.5. The van der Waals surface area contributed by atoms with E-state index in [-0.39, 0.29) is 12.4 Å². The van der Waals surface area contributed by atoms with Crippen LogP contribution < -0.4 is 0 Å². The van der Waals surface area contributed by atoms with E-state index in [4.69, 9.17) is 0 Å². The molecule has 0 N–H and O–H groups in total. The Morgan fingerprint density at radius 1 is 1.40 bits per heavy atom. The Hall–Kier alpha value is -0.960. The van der Waals surface area contributed by atoms with Crippen molar-refractivity contribution in [3.8, 4) is 0 Å². The van der Waals surface area contributed by atoms with Crippen LogP contribution in [0, 0.1) is 0 Å². The van der Waals surface area contributed by atoms with Crippen LogP contribution in [0.15, 0.2) is 27.0 Å². The van der Waals surface area contributed by atoms with E-state index in [1.54, 1.807) is 12.4 Å². The van der Waals surface area contributed by atoms with Crippen LogP contribution in [0.3, 0.4) is 0 Å². The third-order valence-corrected chi connectivity index (χ3v) is 1.31. The number of fused-ring (bicyclic) bond motifs is 1. The van der Waals surface area contributed by atoms with E-state index in [1.165, 1.54) is 0 Å². The number of nitrogens with zero attached hydrogens (tertiary/aromatic N) is 3. The van der Waals surface area contributed by atoms with E-state index in [0.29, 0.717) is 0 Å². The highest BCUT2D eigenvalue weighted by molar-refractivity contribution is 6.22. The fourth-order valence-corrected chi connectivity index (χ4v) is 0.832. The second kappa shape index (κ2) is 2.75. The van der Waals surface area contributed by atoms with E-state index in [9.17, 15) is 0 Å². The number of halogens is 1. The normalized spacial score (nSPS) is 19.2. The zero-order valence-corrected chi connectivity index (χ0v) is 6.01. The molecular formula is C6H6ClN3. The Morgan fingerprint density at radius 3 is 3.10 bits per heavy atom. The Balaban J connectivity index is 0.000000500. The minimum atomic E-state index is 0. The van der Waals surface area contributed by atoms with Crippen LogP contribution in [-0.4, -0.2) is 18.1 Å². The standard InChI is InChI=1S/C6H5N3.ClH/c1-2-7-3-5-4-8-9-6(1)5;/h2-4H,1H2;1H. The summed E-state index contributed by atoms with van der Waals surface area (Å²) < 4.78 is 0. The van der Waals surface area contributed by atoms with Gasteiger partial charge in [0.05, 0.1) is 11.9 Å². The van der Waals surface area contributed by atoms with Crippen molar-refractivity contribution in [1.29, 1.82) is 0 Å². The van der Waals surface area contributed by atoms with E-state index in [2.05, 4.69) is 15.2 Å². The van der Waals surface area contributed by atoms with Gasteiger partial charge in [0.2, 0.25) is 0 Å². The van der Waals surface area contributed by atoms with Crippen LogP contribution in [0.5, 0.6) is 0 Å². The summed E-state index contributed by atoms with van der Waals surface area (Å²) in [5.41, 5.74) is 2.09. The van der Waals surface area contributed by atoms with Gasteiger partial charge in [-0.15, -0.1) is 12.4 Å². The molecule has 0 aromatic carbocycles. The van der Waals surface area contributed by atoms with Crippen molar-refractivity contribution >= 4 is 30.5 Å². The van der Waals surface area contributed by atoms with Gasteiger partial charge >= 0.3 is 0 Å². The quantitative estimate of drug-likeness (QED) is 0.504. The molecule has 0 aromatic heterocycles. The van der Waals surface area contributed by atoms with Crippen LogP contribution in [0.1, 0.15) is 6.42 Å². The molecule has 0 fully saturated rings. The molecule has 0 amide bonds. The van der Waals surface area contributed by atoms with Gasteiger partial charge in [-0.2, -0.15) is 10.2 Å². The topological polar surface area (TPSA) is 37.1 Å². The summed E-state index contributed by atoms with van der Waals surface area (Å²) >= 11 is 0. The summed E-state index contributed by atoms with van der Waals surface area (Å²) in [5.74, 6) is 0. The summed E-state index contributed by atoms with van der Waals surface area (Å²) in [6, 6.07) is 0. The van der Waals surface area contributed by atoms with Gasteiger partial charge in [0.15, 0.2) is 0 Å². The Kier molecular flexibility index (Phi) is 1.97. The fourth-order valence-electron chi connectivity index (χ4n) is 0.832. The van der Waals surface area contributed by atoms with Crippen LogP contribution >= 0.6 is 12.4 Å². The van der Waals surface area contributed by atoms with Gasteiger partial charge in [0, 0.05) is 24.4 Å². The average molecular weight is 156 g/mol. The summed E-state index contributed by atoms with van der Waals surface area (Å²) in [4.78, 5) is 3.96. The molecule has 0 bridgehead atoms. The second-order valence-corrected chi connectivity index (χ2v) is 1.91. The van der Waals surface area contributed by atoms with Gasteiger partial charge in [-0.25, -0.2) is 0 Å². The van der Waals surface area contributed by atoms with Gasteiger partial charge in [-0.1, -0.05) is 0 Å². The lowest BCUT2D eigenvalue weighted by atomic mass is 10.1. The first-order chi connectivity index (χ1) is 4.47. The molecule has 0 aliphatic carbocycles. The summed E-state index contributed by atoms with van der Waals surface area (Å²) in [7, 11) is 0. The molecular weight excluding hydrogens is 150 g/mol. The molecule has 3 nitrogen and oxygen atoms in total. The SMILES string of the molecule is C1=NC=C2C=NN=C2C1.Cl. The molecule has 0 saturated heterocycles. The van der Waals surface area contributed by atoms with Crippen molar-refractivity contribution in [2.75, 3.05) is 0 Å². The molecule has 2 rings (SSSR count). The smallest absolute Gasteiger partial charge is 0.0787 e. The molecule has 4 heteroatoms. The number of rotatable bonds is 0. The van der Waals surface area contributed by atoms with Gasteiger partial charge in [-0.05, 0) is 0 Å². The predicted octanol–water partition coefficient (Wildman–Crippen LogP) is 1.21. The molecule has 0 atom stereocenters. The van der Waals surface area contributed by atoms with Crippen LogP contribution in [0.2, 0.25) is 0 Å². The number of hydrogen-bond acceptors (Lipinski definition) is 3. The maximum Gasteiger partial charge on any atom is 0.0787 e. The largest absolute Gasteiger partial charge is 0.268 e. The summed E-state index contributed by atoms with van der Waals surface area (Å²) in [6.07, 6.45) is 6.16. The predicted molar refractivity (Wildman–Crippen MR) is 44.4 cm³/mol. The first kappa shape index (κ1) is 7.15. The summed E-state index contributed by atoms with van der Waals surface area (Å²) in [6.45, 7) is 0. The molecule has 52 valence electrons. The Labute approximate surface area is 64.7 Å². The maximum atomic E-state index is 3.96. The van der Waals surface area contributed by atoms with Gasteiger partial charge in [-0.3, -0.25) is 4.99 Å². The number of aliphatic imine (C=N–C) groups is 1. The first-order valence-electron chi connectivity index (χ1n) is 2.79. The number of hydrogen-bond donors (Lipinski definition) is 0. The van der Waals surface area contributed by atoms with Crippen molar-refractivity contribution in [1.82, 2.24) is 0 Å². The van der Waals surface area contributed by atoms with Crippen molar-refractivity contribution < 1.29 is 0 Å². The highest BCUT2D eigenvalue weighted by Gasteiger charge is 2.10. The van der Waals surface area contributed by atoms with E-state index in [0.717, 1.165) is 17.7 Å². The highest BCUT2D eigenvalue weighted by Crippen LogP contribution is 2.09. The van der Waals surface area contributed by atoms with Crippen LogP contribution in [0.4, 0.5) is 0 Å². The third-order valence-electron chi connectivity index (χ3n) is 1.31. The van der Waals surface area contributed by atoms with Crippen LogP contribution in [-0.2, 0) is 0 Å². The minimum Gasteiger partial charge on any atom is -0.268 e. The third kappa shape index (κ3) is 0.998. The molecule has 0 saturated carbocycles. The molecule has 0 aromatic rings. The molecule has 0 unspecified atom stereocenters. The van der Waals surface area contributed by atoms with E-state index < -0.39 is 0 Å². The molecule has 2 heterocycles. The zero-order valence-electron chi connectivity index (χ0n) is 5.19. The van der Waals surface area contributed by atoms with Crippen molar-refractivity contribution in [2.45, 2.75) is 6.42 Å². The monoisotopic (exact) mass is 155 g/mol. The Morgan fingerprint density at radius 2 is 2.30 bits per heavy atom. The fraction of sp³-hybridized carbons (Fsp3) is 0.167. The molecule has 0 radical (unpaired) electrons. The molecule has 2 aliphatic heterocycles. The zero-order chi connectivity index (χ0) is 6.10. The molecule has 0 spiro atoms. The Bertz CT molecular complexity index is 250. The second-order valence-electron chi connectivity index (χ2n) is 1.91. The van der Waals surface area contributed by atoms with Gasteiger partial charge in [0.25, 0.3) is 0 Å². The lowest BCUT2D eigenvalue weighted by Gasteiger charge is -1.98. The van der Waals surface area contributed by atoms with Crippen LogP contribution in [0.25, 0.3) is 0 Å². The maximum absolute atomic E-state index is 3.96. The van der Waals surface area contributed by atoms with E-state index in [1.807, 2.05) is 6.21 Å². The lowest BCUT2D eigenvalue weighted by molar-refractivity contribution is 1.26. The van der Waals surface area contributed by atoms with Gasteiger partial charge in [0.1, 0.15) is 0 Å². The van der Waals surface area contributed by atoms with Crippen molar-refractivity contribution in [3.05, 3.63) is 11.8 Å². The number of allylic oxidation sites excluding steroid dienone is 1. The van der Waals surface area contributed by atoms with E-state index >= 15 is 0 Å². The lowest BCUT2D eigenvalue weighted by Crippen LogP contribution is -2.03. The first-order valence-corrected chi connectivity index (χ1v) is 2.79. The van der Waals surface area contributed by atoms with Gasteiger partial charge < -0.3 is 0 Å². The minimum absolute atomic E-state index is 0. The van der Waals surface area contributed by atoms with Crippen molar-refractivity contribution in [3.63, 3.8) is 0 Å².